The highest BCUT2D eigenvalue weighted by molar-refractivity contribution is 6.31. The van der Waals surface area contributed by atoms with Crippen LogP contribution in [0.5, 0.6) is 0 Å². The molecule has 0 radical (unpaired) electrons. The van der Waals surface area contributed by atoms with Crippen LogP contribution in [0.4, 0.5) is 0 Å². The van der Waals surface area contributed by atoms with Crippen LogP contribution in [0.2, 0.25) is 5.02 Å². The number of hydrogen-bond donors (Lipinski definition) is 1. The highest BCUT2D eigenvalue weighted by atomic mass is 35.5. The van der Waals surface area contributed by atoms with E-state index in [-0.39, 0.29) is 0 Å². The van der Waals surface area contributed by atoms with Gasteiger partial charge in [0.1, 0.15) is 0 Å². The molecule has 1 aliphatic carbocycles. The first kappa shape index (κ1) is 11.0. The quantitative estimate of drug-likeness (QED) is 0.822. The van der Waals surface area contributed by atoms with Crippen LogP contribution in [0.15, 0.2) is 24.3 Å². The number of hydrogen-bond acceptors (Lipinski definition) is 1. The van der Waals surface area contributed by atoms with Gasteiger partial charge in [0, 0.05) is 17.6 Å². The highest BCUT2D eigenvalue weighted by Gasteiger charge is 2.42. The first-order valence-corrected chi connectivity index (χ1v) is 5.96. The molecule has 1 N–H and O–H groups in total. The van der Waals surface area contributed by atoms with Gasteiger partial charge in [0.25, 0.3) is 0 Å². The Morgan fingerprint density at radius 2 is 2.07 bits per heavy atom. The zero-order chi connectivity index (χ0) is 10.9. The lowest BCUT2D eigenvalue weighted by atomic mass is 10.0. The Morgan fingerprint density at radius 1 is 1.40 bits per heavy atom. The minimum Gasteiger partial charge on any atom is -0.310 e. The second-order valence-electron chi connectivity index (χ2n) is 4.85. The zero-order valence-corrected chi connectivity index (χ0v) is 10.1. The molecule has 1 unspecified atom stereocenters. The molecule has 2 rings (SSSR count). The summed E-state index contributed by atoms with van der Waals surface area (Å²) in [4.78, 5) is 0. The third-order valence-electron chi connectivity index (χ3n) is 3.64. The molecular weight excluding hydrogens is 206 g/mol. The van der Waals surface area contributed by atoms with Crippen molar-refractivity contribution in [3.05, 3.63) is 34.9 Å². The zero-order valence-electron chi connectivity index (χ0n) is 9.39. The van der Waals surface area contributed by atoms with Crippen molar-refractivity contribution in [2.24, 2.45) is 5.41 Å². The lowest BCUT2D eigenvalue weighted by Crippen LogP contribution is -2.32. The standard InChI is InChI=1S/C13H18ClN/c1-10(13(2)7-8-13)15-9-11-5-3-4-6-12(11)14/h3-6,10,15H,7-9H2,1-2H3. The van der Waals surface area contributed by atoms with Gasteiger partial charge in [-0.3, -0.25) is 0 Å². The molecule has 1 aromatic rings. The van der Waals surface area contributed by atoms with Gasteiger partial charge in [-0.25, -0.2) is 0 Å². The largest absolute Gasteiger partial charge is 0.310 e. The second-order valence-corrected chi connectivity index (χ2v) is 5.26. The topological polar surface area (TPSA) is 12.0 Å². The molecule has 0 amide bonds. The van der Waals surface area contributed by atoms with Crippen LogP contribution in [-0.4, -0.2) is 6.04 Å². The van der Waals surface area contributed by atoms with Crippen LogP contribution in [0, 0.1) is 5.41 Å². The second kappa shape index (κ2) is 4.15. The molecular formula is C13H18ClN. The van der Waals surface area contributed by atoms with Gasteiger partial charge in [-0.1, -0.05) is 36.7 Å². The van der Waals surface area contributed by atoms with Crippen molar-refractivity contribution in [2.45, 2.75) is 39.3 Å². The van der Waals surface area contributed by atoms with Crippen LogP contribution in [0.25, 0.3) is 0 Å². The lowest BCUT2D eigenvalue weighted by Gasteiger charge is -2.20. The molecule has 1 nitrogen and oxygen atoms in total. The van der Waals surface area contributed by atoms with E-state index in [1.54, 1.807) is 0 Å². The maximum atomic E-state index is 6.10. The van der Waals surface area contributed by atoms with Crippen molar-refractivity contribution >= 4 is 11.6 Å². The number of rotatable bonds is 4. The van der Waals surface area contributed by atoms with E-state index in [2.05, 4.69) is 25.2 Å². The van der Waals surface area contributed by atoms with Gasteiger partial charge in [-0.05, 0) is 36.8 Å². The minimum absolute atomic E-state index is 0.529. The van der Waals surface area contributed by atoms with Gasteiger partial charge in [-0.2, -0.15) is 0 Å². The Bertz CT molecular complexity index is 344. The van der Waals surface area contributed by atoms with Gasteiger partial charge in [0.2, 0.25) is 0 Å². The van der Waals surface area contributed by atoms with E-state index < -0.39 is 0 Å². The number of benzene rings is 1. The Morgan fingerprint density at radius 3 is 2.67 bits per heavy atom. The fraction of sp³-hybridized carbons (Fsp3) is 0.538. The molecule has 1 fully saturated rings. The summed E-state index contributed by atoms with van der Waals surface area (Å²) in [7, 11) is 0. The highest BCUT2D eigenvalue weighted by Crippen LogP contribution is 2.47. The van der Waals surface area contributed by atoms with E-state index in [4.69, 9.17) is 11.6 Å². The van der Waals surface area contributed by atoms with Gasteiger partial charge in [0.15, 0.2) is 0 Å². The Labute approximate surface area is 96.8 Å². The third-order valence-corrected chi connectivity index (χ3v) is 4.01. The molecule has 1 saturated carbocycles. The number of halogens is 1. The summed E-state index contributed by atoms with van der Waals surface area (Å²) in [5.74, 6) is 0. The van der Waals surface area contributed by atoms with E-state index in [0.717, 1.165) is 11.6 Å². The summed E-state index contributed by atoms with van der Waals surface area (Å²) in [5, 5.41) is 4.42. The van der Waals surface area contributed by atoms with Gasteiger partial charge < -0.3 is 5.32 Å². The molecule has 2 heteroatoms. The van der Waals surface area contributed by atoms with Crippen LogP contribution in [0.1, 0.15) is 32.3 Å². The van der Waals surface area contributed by atoms with Crippen LogP contribution in [0.3, 0.4) is 0 Å². The fourth-order valence-electron chi connectivity index (χ4n) is 1.78. The normalized spacial score (nSPS) is 19.9. The molecule has 15 heavy (non-hydrogen) atoms. The molecule has 1 atom stereocenters. The van der Waals surface area contributed by atoms with Crippen molar-refractivity contribution in [2.75, 3.05) is 0 Å². The molecule has 1 aliphatic rings. The fourth-order valence-corrected chi connectivity index (χ4v) is 1.98. The van der Waals surface area contributed by atoms with Crippen molar-refractivity contribution in [3.8, 4) is 0 Å². The Hall–Kier alpha value is -0.530. The molecule has 0 bridgehead atoms. The first-order chi connectivity index (χ1) is 7.12. The van der Waals surface area contributed by atoms with Gasteiger partial charge in [-0.15, -0.1) is 0 Å². The van der Waals surface area contributed by atoms with E-state index in [9.17, 15) is 0 Å². The van der Waals surface area contributed by atoms with Crippen molar-refractivity contribution < 1.29 is 0 Å². The Kier molecular flexibility index (Phi) is 3.03. The summed E-state index contributed by atoms with van der Waals surface area (Å²) >= 11 is 6.10. The minimum atomic E-state index is 0.529. The summed E-state index contributed by atoms with van der Waals surface area (Å²) in [5.41, 5.74) is 1.72. The van der Waals surface area contributed by atoms with Crippen LogP contribution < -0.4 is 5.32 Å². The molecule has 0 heterocycles. The molecule has 0 aromatic heterocycles. The smallest absolute Gasteiger partial charge is 0.0450 e. The molecule has 1 aromatic carbocycles. The SMILES string of the molecule is CC(NCc1ccccc1Cl)C1(C)CC1. The average molecular weight is 224 g/mol. The summed E-state index contributed by atoms with van der Waals surface area (Å²) < 4.78 is 0. The summed E-state index contributed by atoms with van der Waals surface area (Å²) in [6.45, 7) is 5.48. The van der Waals surface area contributed by atoms with Gasteiger partial charge in [0.05, 0.1) is 0 Å². The van der Waals surface area contributed by atoms with Gasteiger partial charge >= 0.3 is 0 Å². The van der Waals surface area contributed by atoms with Crippen molar-refractivity contribution in [1.29, 1.82) is 0 Å². The average Bonchev–Trinajstić information content (AvgIpc) is 2.96. The maximum Gasteiger partial charge on any atom is 0.0450 e. The molecule has 0 aliphatic heterocycles. The van der Waals surface area contributed by atoms with E-state index in [0.29, 0.717) is 11.5 Å². The maximum absolute atomic E-state index is 6.10. The molecule has 0 spiro atoms. The van der Waals surface area contributed by atoms with Crippen molar-refractivity contribution in [3.63, 3.8) is 0 Å². The van der Waals surface area contributed by atoms with E-state index in [1.807, 2.05) is 18.2 Å². The lowest BCUT2D eigenvalue weighted by molar-refractivity contribution is 0.380. The summed E-state index contributed by atoms with van der Waals surface area (Å²) in [6.07, 6.45) is 2.70. The van der Waals surface area contributed by atoms with Crippen molar-refractivity contribution in [1.82, 2.24) is 5.32 Å². The monoisotopic (exact) mass is 223 g/mol. The first-order valence-electron chi connectivity index (χ1n) is 5.59. The third kappa shape index (κ3) is 2.53. The molecule has 82 valence electrons. The van der Waals surface area contributed by atoms with Crippen LogP contribution >= 0.6 is 11.6 Å². The van der Waals surface area contributed by atoms with E-state index >= 15 is 0 Å². The van der Waals surface area contributed by atoms with Crippen LogP contribution in [-0.2, 0) is 6.54 Å². The Balaban J connectivity index is 1.90. The number of nitrogens with one attached hydrogen (secondary N) is 1. The predicted molar refractivity (Wildman–Crippen MR) is 65.1 cm³/mol. The molecule has 0 saturated heterocycles. The summed E-state index contributed by atoms with van der Waals surface area (Å²) in [6, 6.07) is 8.61. The predicted octanol–water partition coefficient (Wildman–Crippen LogP) is 3.62. The van der Waals surface area contributed by atoms with E-state index in [1.165, 1.54) is 18.4 Å².